The molecule has 18 heavy (non-hydrogen) atoms. The van der Waals surface area contributed by atoms with E-state index in [0.717, 1.165) is 5.56 Å². The average Bonchev–Trinajstić information content (AvgIpc) is 2.31. The molecule has 1 N–H and O–H groups in total. The number of ether oxygens (including phenoxy) is 2. The first-order valence-electron chi connectivity index (χ1n) is 5.74. The van der Waals surface area contributed by atoms with Gasteiger partial charge in [-0.3, -0.25) is 4.57 Å². The number of benzene rings is 1. The van der Waals surface area contributed by atoms with Crippen molar-refractivity contribution < 1.29 is 23.5 Å². The molecule has 0 aliphatic rings. The molecule has 0 aliphatic carbocycles. The molecule has 0 aliphatic heterocycles. The maximum Gasteiger partial charge on any atom is 0.332 e. The highest BCUT2D eigenvalue weighted by Crippen LogP contribution is 2.45. The van der Waals surface area contributed by atoms with Crippen LogP contribution in [-0.4, -0.2) is 31.8 Å². The molecule has 5 nitrogen and oxygen atoms in total. The number of hydrogen-bond acceptors (Lipinski definition) is 4. The minimum absolute atomic E-state index is 0.0131. The van der Waals surface area contributed by atoms with E-state index < -0.39 is 7.60 Å². The molecular formula is C12H19O5P. The van der Waals surface area contributed by atoms with Crippen LogP contribution in [0.5, 0.6) is 5.75 Å². The second kappa shape index (κ2) is 7.54. The summed E-state index contributed by atoms with van der Waals surface area (Å²) >= 11 is 0. The fourth-order valence-electron chi connectivity index (χ4n) is 1.41. The first kappa shape index (κ1) is 15.2. The SMILES string of the molecule is CCOP(=O)(O)Cc1ccc(OCCOC)cc1. The van der Waals surface area contributed by atoms with Gasteiger partial charge in [-0.25, -0.2) is 0 Å². The molecule has 0 amide bonds. The first-order chi connectivity index (χ1) is 8.57. The molecule has 0 radical (unpaired) electrons. The monoisotopic (exact) mass is 274 g/mol. The largest absolute Gasteiger partial charge is 0.491 e. The summed E-state index contributed by atoms with van der Waals surface area (Å²) in [5.74, 6) is 0.708. The highest BCUT2D eigenvalue weighted by Gasteiger charge is 2.18. The highest BCUT2D eigenvalue weighted by atomic mass is 31.2. The molecule has 102 valence electrons. The topological polar surface area (TPSA) is 65.0 Å². The van der Waals surface area contributed by atoms with Crippen LogP contribution < -0.4 is 4.74 Å². The summed E-state index contributed by atoms with van der Waals surface area (Å²) in [4.78, 5) is 9.50. The van der Waals surface area contributed by atoms with Gasteiger partial charge < -0.3 is 18.9 Å². The lowest BCUT2D eigenvalue weighted by Crippen LogP contribution is -2.04. The molecule has 1 aromatic rings. The Balaban J connectivity index is 2.52. The predicted octanol–water partition coefficient (Wildman–Crippen LogP) is 2.43. The Morgan fingerprint density at radius 2 is 1.89 bits per heavy atom. The standard InChI is InChI=1S/C12H19O5P/c1-3-17-18(13,14)10-11-4-6-12(7-5-11)16-9-8-15-2/h4-7H,3,8-10H2,1-2H3,(H,13,14). The van der Waals surface area contributed by atoms with Crippen molar-refractivity contribution in [2.45, 2.75) is 13.1 Å². The van der Waals surface area contributed by atoms with Crippen molar-refractivity contribution in [3.63, 3.8) is 0 Å². The van der Waals surface area contributed by atoms with Crippen molar-refractivity contribution in [2.24, 2.45) is 0 Å². The first-order valence-corrected chi connectivity index (χ1v) is 7.50. The smallest absolute Gasteiger partial charge is 0.332 e. The summed E-state index contributed by atoms with van der Waals surface area (Å²) in [5, 5.41) is 0. The highest BCUT2D eigenvalue weighted by molar-refractivity contribution is 7.51. The molecule has 1 aromatic carbocycles. The van der Waals surface area contributed by atoms with E-state index in [1.54, 1.807) is 38.3 Å². The Kier molecular flexibility index (Phi) is 6.36. The van der Waals surface area contributed by atoms with Crippen molar-refractivity contribution in [1.29, 1.82) is 0 Å². The van der Waals surface area contributed by atoms with Crippen LogP contribution in [0.1, 0.15) is 12.5 Å². The van der Waals surface area contributed by atoms with Crippen LogP contribution in [0.4, 0.5) is 0 Å². The molecule has 1 rings (SSSR count). The van der Waals surface area contributed by atoms with E-state index in [-0.39, 0.29) is 12.8 Å². The van der Waals surface area contributed by atoms with Gasteiger partial charge >= 0.3 is 7.60 Å². The van der Waals surface area contributed by atoms with Crippen molar-refractivity contribution in [1.82, 2.24) is 0 Å². The van der Waals surface area contributed by atoms with E-state index in [1.165, 1.54) is 0 Å². The van der Waals surface area contributed by atoms with Crippen LogP contribution in [0.15, 0.2) is 24.3 Å². The van der Waals surface area contributed by atoms with Crippen LogP contribution in [0, 0.1) is 0 Å². The van der Waals surface area contributed by atoms with Gasteiger partial charge in [0.1, 0.15) is 12.4 Å². The fourth-order valence-corrected chi connectivity index (χ4v) is 2.58. The molecule has 6 heteroatoms. The molecule has 0 fully saturated rings. The Morgan fingerprint density at radius 1 is 1.22 bits per heavy atom. The zero-order valence-electron chi connectivity index (χ0n) is 10.7. The van der Waals surface area contributed by atoms with E-state index in [1.807, 2.05) is 0 Å². The second-order valence-corrected chi connectivity index (χ2v) is 5.55. The van der Waals surface area contributed by atoms with Crippen molar-refractivity contribution in [3.8, 4) is 5.75 Å². The van der Waals surface area contributed by atoms with Gasteiger partial charge in [-0.15, -0.1) is 0 Å². The van der Waals surface area contributed by atoms with Gasteiger partial charge in [-0.2, -0.15) is 0 Å². The van der Waals surface area contributed by atoms with Gasteiger partial charge in [0.25, 0.3) is 0 Å². The summed E-state index contributed by atoms with van der Waals surface area (Å²) in [6.45, 7) is 2.92. The fraction of sp³-hybridized carbons (Fsp3) is 0.500. The number of rotatable bonds is 8. The van der Waals surface area contributed by atoms with Gasteiger partial charge in [0.2, 0.25) is 0 Å². The minimum Gasteiger partial charge on any atom is -0.491 e. The van der Waals surface area contributed by atoms with E-state index in [9.17, 15) is 9.46 Å². The zero-order chi connectivity index (χ0) is 13.4. The van der Waals surface area contributed by atoms with Gasteiger partial charge in [0.15, 0.2) is 0 Å². The quantitative estimate of drug-likeness (QED) is 0.582. The van der Waals surface area contributed by atoms with E-state index in [4.69, 9.17) is 14.0 Å². The van der Waals surface area contributed by atoms with Gasteiger partial charge in [-0.05, 0) is 24.6 Å². The molecule has 0 aromatic heterocycles. The Hall–Kier alpha value is -0.870. The Morgan fingerprint density at radius 3 is 2.44 bits per heavy atom. The predicted molar refractivity (Wildman–Crippen MR) is 69.0 cm³/mol. The number of methoxy groups -OCH3 is 1. The second-order valence-electron chi connectivity index (χ2n) is 3.70. The van der Waals surface area contributed by atoms with Gasteiger partial charge in [-0.1, -0.05) is 12.1 Å². The van der Waals surface area contributed by atoms with E-state index >= 15 is 0 Å². The molecular weight excluding hydrogens is 255 g/mol. The summed E-state index contributed by atoms with van der Waals surface area (Å²) in [6.07, 6.45) is 0.0131. The van der Waals surface area contributed by atoms with Crippen LogP contribution in [0.2, 0.25) is 0 Å². The van der Waals surface area contributed by atoms with Crippen LogP contribution >= 0.6 is 7.60 Å². The molecule has 0 heterocycles. The third-order valence-electron chi connectivity index (χ3n) is 2.19. The minimum atomic E-state index is -3.52. The van der Waals surface area contributed by atoms with Crippen molar-refractivity contribution >= 4 is 7.60 Å². The molecule has 0 saturated heterocycles. The van der Waals surface area contributed by atoms with Crippen LogP contribution in [0.25, 0.3) is 0 Å². The number of hydrogen-bond donors (Lipinski definition) is 1. The molecule has 1 unspecified atom stereocenters. The van der Waals surface area contributed by atoms with Crippen molar-refractivity contribution in [3.05, 3.63) is 29.8 Å². The molecule has 0 bridgehead atoms. The Labute approximate surface area is 107 Å². The summed E-state index contributed by atoms with van der Waals surface area (Å²) < 4.78 is 26.6. The van der Waals surface area contributed by atoms with Gasteiger partial charge in [0, 0.05) is 7.11 Å². The van der Waals surface area contributed by atoms with Gasteiger partial charge in [0.05, 0.1) is 19.4 Å². The van der Waals surface area contributed by atoms with Crippen molar-refractivity contribution in [2.75, 3.05) is 26.9 Å². The average molecular weight is 274 g/mol. The molecule has 0 saturated carbocycles. The molecule has 0 spiro atoms. The summed E-state index contributed by atoms with van der Waals surface area (Å²) in [5.41, 5.74) is 0.744. The lowest BCUT2D eigenvalue weighted by Gasteiger charge is -2.11. The lowest BCUT2D eigenvalue weighted by atomic mass is 10.2. The van der Waals surface area contributed by atoms with E-state index in [2.05, 4.69) is 0 Å². The normalized spacial score (nSPS) is 14.2. The maximum absolute atomic E-state index is 11.6. The van der Waals surface area contributed by atoms with Crippen LogP contribution in [0.3, 0.4) is 0 Å². The molecule has 1 atom stereocenters. The third kappa shape index (κ3) is 5.65. The van der Waals surface area contributed by atoms with Crippen LogP contribution in [-0.2, 0) is 20.0 Å². The Bertz CT molecular complexity index is 390. The van der Waals surface area contributed by atoms with E-state index in [0.29, 0.717) is 19.0 Å². The zero-order valence-corrected chi connectivity index (χ0v) is 11.6. The lowest BCUT2D eigenvalue weighted by molar-refractivity contribution is 0.146. The maximum atomic E-state index is 11.6. The summed E-state index contributed by atoms with van der Waals surface area (Å²) in [7, 11) is -1.91. The third-order valence-corrected chi connectivity index (χ3v) is 3.62. The summed E-state index contributed by atoms with van der Waals surface area (Å²) in [6, 6.07) is 7.03.